The van der Waals surface area contributed by atoms with Gasteiger partial charge in [-0.25, -0.2) is 22.8 Å². The van der Waals surface area contributed by atoms with E-state index in [4.69, 9.17) is 9.47 Å². The first-order valence-corrected chi connectivity index (χ1v) is 10.5. The molecule has 0 amide bonds. The summed E-state index contributed by atoms with van der Waals surface area (Å²) in [7, 11) is 2.05. The third kappa shape index (κ3) is 5.40. The van der Waals surface area contributed by atoms with Gasteiger partial charge in [-0.2, -0.15) is 13.2 Å². The van der Waals surface area contributed by atoms with Crippen LogP contribution in [0.1, 0.15) is 5.56 Å². The lowest BCUT2D eigenvalue weighted by molar-refractivity contribution is -0.139. The van der Waals surface area contributed by atoms with E-state index >= 15 is 4.39 Å². The first kappa shape index (κ1) is 26.9. The maximum atomic E-state index is 15.0. The highest BCUT2D eigenvalue weighted by atomic mass is 79.9. The summed E-state index contributed by atoms with van der Waals surface area (Å²) in [6.07, 6.45) is 0.0213. The van der Waals surface area contributed by atoms with Gasteiger partial charge in [-0.1, -0.05) is 22.0 Å². The Morgan fingerprint density at radius 1 is 0.861 bits per heavy atom. The number of carbonyl (C=O) groups excluding carboxylic acids is 2. The van der Waals surface area contributed by atoms with Gasteiger partial charge in [0.1, 0.15) is 5.70 Å². The van der Waals surface area contributed by atoms with E-state index in [9.17, 15) is 31.5 Å². The Kier molecular flexibility index (Phi) is 7.82. The quantitative estimate of drug-likeness (QED) is 0.313. The van der Waals surface area contributed by atoms with E-state index in [1.54, 1.807) is 0 Å². The molecule has 0 radical (unpaired) electrons. The average molecular weight is 578 g/mol. The molecule has 0 bridgehead atoms. The second-order valence-corrected chi connectivity index (χ2v) is 7.84. The van der Waals surface area contributed by atoms with Crippen LogP contribution in [0.5, 0.6) is 11.5 Å². The summed E-state index contributed by atoms with van der Waals surface area (Å²) in [5.41, 5.74) is -2.80. The number of nitrogens with zero attached hydrogens (tertiary/aromatic N) is 1. The van der Waals surface area contributed by atoms with Crippen LogP contribution in [0.3, 0.4) is 0 Å². The van der Waals surface area contributed by atoms with Crippen molar-refractivity contribution in [3.8, 4) is 11.5 Å². The third-order valence-corrected chi connectivity index (χ3v) is 5.13. The van der Waals surface area contributed by atoms with Crippen molar-refractivity contribution in [3.63, 3.8) is 0 Å². The van der Waals surface area contributed by atoms with Gasteiger partial charge in [0, 0.05) is 10.7 Å². The topological polar surface area (TPSA) is 65.1 Å². The van der Waals surface area contributed by atoms with E-state index < -0.39 is 58.3 Å². The van der Waals surface area contributed by atoms with Gasteiger partial charge in [0.2, 0.25) is 0 Å². The number of anilines is 1. The van der Waals surface area contributed by atoms with Gasteiger partial charge < -0.3 is 19.1 Å². The van der Waals surface area contributed by atoms with Crippen molar-refractivity contribution in [2.75, 3.05) is 19.1 Å². The molecule has 1 aliphatic rings. The molecule has 0 N–H and O–H groups in total. The standard InChI is InChI=1S/C23H14BrF6NO5/c1-34-21(32)13-5-3-4-6-31(18(13)22(33)35-2)17-10-12(24)9-16(27)20(17)36-19-14(25)7-11(8-15(19)26)23(28,29)30/h3-10H,1-2H3. The van der Waals surface area contributed by atoms with Crippen LogP contribution in [0.4, 0.5) is 32.0 Å². The predicted molar refractivity (Wildman–Crippen MR) is 117 cm³/mol. The van der Waals surface area contributed by atoms with E-state index in [2.05, 4.69) is 20.7 Å². The SMILES string of the molecule is COC(=O)C1=C(C(=O)OC)N(c2cc(Br)cc(F)c2Oc2c(F)cc(C(F)(F)F)cc2F)C=CC=C1. The molecule has 36 heavy (non-hydrogen) atoms. The molecule has 0 saturated carbocycles. The lowest BCUT2D eigenvalue weighted by Gasteiger charge is -2.26. The van der Waals surface area contributed by atoms with Gasteiger partial charge in [-0.3, -0.25) is 0 Å². The molecule has 3 rings (SSSR count). The summed E-state index contributed by atoms with van der Waals surface area (Å²) in [5, 5.41) is 0. The van der Waals surface area contributed by atoms with Crippen LogP contribution in [-0.2, 0) is 25.2 Å². The zero-order valence-electron chi connectivity index (χ0n) is 18.3. The van der Waals surface area contributed by atoms with Crippen molar-refractivity contribution in [3.05, 3.63) is 87.5 Å². The van der Waals surface area contributed by atoms with Crippen molar-refractivity contribution >= 4 is 33.6 Å². The first-order chi connectivity index (χ1) is 16.9. The number of benzene rings is 2. The first-order valence-electron chi connectivity index (χ1n) is 9.67. The fraction of sp³-hybridized carbons (Fsp3) is 0.130. The van der Waals surface area contributed by atoms with Crippen LogP contribution < -0.4 is 9.64 Å². The summed E-state index contributed by atoms with van der Waals surface area (Å²) in [4.78, 5) is 25.9. The molecule has 0 atom stereocenters. The maximum Gasteiger partial charge on any atom is 0.416 e. The second-order valence-electron chi connectivity index (χ2n) is 6.92. The molecule has 0 aromatic heterocycles. The average Bonchev–Trinajstić information content (AvgIpc) is 3.03. The number of hydrogen-bond acceptors (Lipinski definition) is 6. The van der Waals surface area contributed by atoms with Crippen molar-refractivity contribution in [1.82, 2.24) is 0 Å². The molecule has 6 nitrogen and oxygen atoms in total. The minimum absolute atomic E-state index is 0.0141. The molecule has 13 heteroatoms. The summed E-state index contributed by atoms with van der Waals surface area (Å²) < 4.78 is 97.3. The Labute approximate surface area is 208 Å². The van der Waals surface area contributed by atoms with Crippen LogP contribution in [0.2, 0.25) is 0 Å². The van der Waals surface area contributed by atoms with Gasteiger partial charge in [-0.05, 0) is 36.4 Å². The van der Waals surface area contributed by atoms with E-state index in [1.165, 1.54) is 30.5 Å². The fourth-order valence-corrected chi connectivity index (χ4v) is 3.52. The normalized spacial score (nSPS) is 13.5. The molecular weight excluding hydrogens is 564 g/mol. The number of methoxy groups -OCH3 is 2. The van der Waals surface area contributed by atoms with Gasteiger partial charge in [-0.15, -0.1) is 0 Å². The highest BCUT2D eigenvalue weighted by Crippen LogP contribution is 2.43. The zero-order chi connectivity index (χ0) is 26.8. The van der Waals surface area contributed by atoms with E-state index in [-0.39, 0.29) is 27.9 Å². The maximum absolute atomic E-state index is 15.0. The summed E-state index contributed by atoms with van der Waals surface area (Å²) in [5.74, 6) is -9.01. The number of ether oxygens (including phenoxy) is 3. The molecule has 1 heterocycles. The molecular formula is C23H14BrF6NO5. The fourth-order valence-electron chi connectivity index (χ4n) is 3.10. The summed E-state index contributed by atoms with van der Waals surface area (Å²) >= 11 is 3.05. The van der Waals surface area contributed by atoms with Gasteiger partial charge >= 0.3 is 18.1 Å². The number of halogens is 7. The Balaban J connectivity index is 2.25. The van der Waals surface area contributed by atoms with E-state index in [0.29, 0.717) is 0 Å². The van der Waals surface area contributed by atoms with Crippen LogP contribution in [0.25, 0.3) is 0 Å². The number of esters is 2. The molecule has 0 unspecified atom stereocenters. The minimum atomic E-state index is -5.05. The molecule has 2 aromatic rings. The highest BCUT2D eigenvalue weighted by Gasteiger charge is 2.34. The molecule has 0 spiro atoms. The molecule has 0 fully saturated rings. The second kappa shape index (κ2) is 10.5. The Morgan fingerprint density at radius 2 is 1.44 bits per heavy atom. The number of hydrogen-bond donors (Lipinski definition) is 0. The van der Waals surface area contributed by atoms with Crippen LogP contribution >= 0.6 is 15.9 Å². The number of rotatable bonds is 5. The van der Waals surface area contributed by atoms with Crippen molar-refractivity contribution in [2.24, 2.45) is 0 Å². The molecule has 2 aromatic carbocycles. The van der Waals surface area contributed by atoms with Gasteiger partial charge in [0.05, 0.1) is 31.0 Å². The number of allylic oxidation sites excluding steroid dienone is 2. The lowest BCUT2D eigenvalue weighted by atomic mass is 10.1. The van der Waals surface area contributed by atoms with Crippen molar-refractivity contribution < 1.29 is 50.1 Å². The van der Waals surface area contributed by atoms with Crippen LogP contribution in [-0.4, -0.2) is 26.2 Å². The Morgan fingerprint density at radius 3 is 2.00 bits per heavy atom. The van der Waals surface area contributed by atoms with E-state index in [1.807, 2.05) is 0 Å². The predicted octanol–water partition coefficient (Wildman–Crippen LogP) is 6.17. The third-order valence-electron chi connectivity index (χ3n) is 4.67. The minimum Gasteiger partial charge on any atom is -0.465 e. The molecule has 190 valence electrons. The molecule has 1 aliphatic heterocycles. The Bertz CT molecular complexity index is 1300. The largest absolute Gasteiger partial charge is 0.465 e. The van der Waals surface area contributed by atoms with Crippen molar-refractivity contribution in [2.45, 2.75) is 6.18 Å². The van der Waals surface area contributed by atoms with Gasteiger partial charge in [0.15, 0.2) is 29.0 Å². The lowest BCUT2D eigenvalue weighted by Crippen LogP contribution is -2.27. The number of carbonyl (C=O) groups is 2. The van der Waals surface area contributed by atoms with Gasteiger partial charge in [0.25, 0.3) is 0 Å². The van der Waals surface area contributed by atoms with Crippen molar-refractivity contribution in [1.29, 1.82) is 0 Å². The zero-order valence-corrected chi connectivity index (χ0v) is 19.8. The van der Waals surface area contributed by atoms with Crippen LogP contribution in [0, 0.1) is 17.5 Å². The smallest absolute Gasteiger partial charge is 0.416 e. The van der Waals surface area contributed by atoms with E-state index in [0.717, 1.165) is 25.2 Å². The molecule has 0 aliphatic carbocycles. The monoisotopic (exact) mass is 577 g/mol. The molecule has 0 saturated heterocycles. The Hall–Kier alpha value is -3.74. The van der Waals surface area contributed by atoms with Crippen LogP contribution in [0.15, 0.2) is 64.4 Å². The summed E-state index contributed by atoms with van der Waals surface area (Å²) in [6.45, 7) is 0. The number of alkyl halides is 3. The highest BCUT2D eigenvalue weighted by molar-refractivity contribution is 9.10. The summed E-state index contributed by atoms with van der Waals surface area (Å²) in [6, 6.07) is 1.99.